The zero-order valence-corrected chi connectivity index (χ0v) is 9.99. The van der Waals surface area contributed by atoms with E-state index in [4.69, 9.17) is 0 Å². The molecule has 0 aliphatic heterocycles. The first-order valence-electron chi connectivity index (χ1n) is 5.59. The standard InChI is InChI=1S/C11H13F3N2O2/c1-6(10(17)18-2)16-8(7-3-4-7)5-9(15-16)11(12,13)14/h5-7H,3-4H2,1-2H3/t6-/m1/s1. The molecule has 0 bridgehead atoms. The predicted molar refractivity (Wildman–Crippen MR) is 55.9 cm³/mol. The molecule has 1 aromatic heterocycles. The zero-order chi connectivity index (χ0) is 13.5. The second-order valence-corrected chi connectivity index (χ2v) is 4.37. The number of alkyl halides is 3. The van der Waals surface area contributed by atoms with Gasteiger partial charge in [-0.05, 0) is 25.8 Å². The molecule has 0 radical (unpaired) electrons. The number of hydrogen-bond donors (Lipinski definition) is 0. The fraction of sp³-hybridized carbons (Fsp3) is 0.636. The summed E-state index contributed by atoms with van der Waals surface area (Å²) in [6.45, 7) is 1.48. The average molecular weight is 262 g/mol. The molecule has 1 aliphatic carbocycles. The van der Waals surface area contributed by atoms with Crippen molar-refractivity contribution in [2.24, 2.45) is 0 Å². The largest absolute Gasteiger partial charge is 0.467 e. The summed E-state index contributed by atoms with van der Waals surface area (Å²) in [5.74, 6) is -0.533. The monoisotopic (exact) mass is 262 g/mol. The maximum Gasteiger partial charge on any atom is 0.435 e. The Morgan fingerprint density at radius 3 is 2.61 bits per heavy atom. The number of aromatic nitrogens is 2. The molecule has 1 atom stereocenters. The van der Waals surface area contributed by atoms with Gasteiger partial charge in [-0.1, -0.05) is 0 Å². The fourth-order valence-corrected chi connectivity index (χ4v) is 1.81. The van der Waals surface area contributed by atoms with E-state index in [0.717, 1.165) is 23.6 Å². The summed E-state index contributed by atoms with van der Waals surface area (Å²) in [4.78, 5) is 11.4. The minimum absolute atomic E-state index is 0.0701. The highest BCUT2D eigenvalue weighted by Crippen LogP contribution is 2.42. The molecule has 0 saturated heterocycles. The SMILES string of the molecule is COC(=O)[C@@H](C)n1nc(C(F)(F)F)cc1C1CC1. The van der Waals surface area contributed by atoms with Gasteiger partial charge in [0.1, 0.15) is 6.04 Å². The van der Waals surface area contributed by atoms with Crippen LogP contribution in [-0.2, 0) is 15.7 Å². The van der Waals surface area contributed by atoms with Crippen molar-refractivity contribution in [1.29, 1.82) is 0 Å². The molecule has 1 saturated carbocycles. The van der Waals surface area contributed by atoms with Crippen molar-refractivity contribution in [1.82, 2.24) is 9.78 Å². The first-order chi connectivity index (χ1) is 8.34. The van der Waals surface area contributed by atoms with Crippen LogP contribution in [-0.4, -0.2) is 22.9 Å². The molecule has 1 heterocycles. The topological polar surface area (TPSA) is 44.1 Å². The maximum absolute atomic E-state index is 12.6. The Morgan fingerprint density at radius 2 is 2.17 bits per heavy atom. The van der Waals surface area contributed by atoms with Crippen molar-refractivity contribution in [2.45, 2.75) is 37.9 Å². The molecular formula is C11H13F3N2O2. The number of nitrogens with zero attached hydrogens (tertiary/aromatic N) is 2. The van der Waals surface area contributed by atoms with Crippen LogP contribution < -0.4 is 0 Å². The zero-order valence-electron chi connectivity index (χ0n) is 9.99. The van der Waals surface area contributed by atoms with E-state index in [9.17, 15) is 18.0 Å². The van der Waals surface area contributed by atoms with E-state index in [1.165, 1.54) is 14.0 Å². The number of halogens is 3. The van der Waals surface area contributed by atoms with E-state index in [-0.39, 0.29) is 5.92 Å². The van der Waals surface area contributed by atoms with Crippen molar-refractivity contribution in [3.63, 3.8) is 0 Å². The van der Waals surface area contributed by atoms with E-state index < -0.39 is 23.9 Å². The molecule has 0 N–H and O–H groups in total. The van der Waals surface area contributed by atoms with Gasteiger partial charge in [0.05, 0.1) is 7.11 Å². The van der Waals surface area contributed by atoms with Gasteiger partial charge < -0.3 is 4.74 Å². The first-order valence-corrected chi connectivity index (χ1v) is 5.59. The third kappa shape index (κ3) is 2.34. The van der Waals surface area contributed by atoms with Crippen LogP contribution in [0.1, 0.15) is 43.1 Å². The van der Waals surface area contributed by atoms with Gasteiger partial charge in [0.2, 0.25) is 0 Å². The van der Waals surface area contributed by atoms with Gasteiger partial charge in [-0.2, -0.15) is 18.3 Å². The minimum atomic E-state index is -4.50. The number of ether oxygens (including phenoxy) is 1. The number of esters is 1. The molecule has 18 heavy (non-hydrogen) atoms. The van der Waals surface area contributed by atoms with Gasteiger partial charge in [0, 0.05) is 11.6 Å². The number of carbonyl (C=O) groups excluding carboxylic acids is 1. The highest BCUT2D eigenvalue weighted by Gasteiger charge is 2.39. The normalized spacial score (nSPS) is 17.6. The number of carbonyl (C=O) groups is 1. The predicted octanol–water partition coefficient (Wildman–Crippen LogP) is 2.51. The maximum atomic E-state index is 12.6. The highest BCUT2D eigenvalue weighted by atomic mass is 19.4. The third-order valence-corrected chi connectivity index (χ3v) is 2.96. The number of hydrogen-bond acceptors (Lipinski definition) is 3. The molecule has 0 spiro atoms. The van der Waals surface area contributed by atoms with Gasteiger partial charge in [0.15, 0.2) is 5.69 Å². The van der Waals surface area contributed by atoms with Crippen LogP contribution in [0.3, 0.4) is 0 Å². The van der Waals surface area contributed by atoms with Crippen molar-refractivity contribution >= 4 is 5.97 Å². The van der Waals surface area contributed by atoms with Crippen LogP contribution in [0.25, 0.3) is 0 Å². The molecule has 0 aromatic carbocycles. The summed E-state index contributed by atoms with van der Waals surface area (Å²) in [6.07, 6.45) is -2.83. The molecule has 100 valence electrons. The summed E-state index contributed by atoms with van der Waals surface area (Å²) in [5, 5.41) is 3.50. The van der Waals surface area contributed by atoms with E-state index in [2.05, 4.69) is 9.84 Å². The summed E-state index contributed by atoms with van der Waals surface area (Å²) in [6, 6.07) is 0.179. The van der Waals surface area contributed by atoms with Crippen LogP contribution >= 0.6 is 0 Å². The van der Waals surface area contributed by atoms with Crippen molar-refractivity contribution < 1.29 is 22.7 Å². The van der Waals surface area contributed by atoms with Crippen molar-refractivity contribution in [3.8, 4) is 0 Å². The summed E-state index contributed by atoms with van der Waals surface area (Å²) in [5.41, 5.74) is -0.500. The molecule has 0 amide bonds. The summed E-state index contributed by atoms with van der Waals surface area (Å²) in [7, 11) is 1.20. The molecule has 0 unspecified atom stereocenters. The van der Waals surface area contributed by atoms with Crippen LogP contribution in [0.15, 0.2) is 6.07 Å². The summed E-state index contributed by atoms with van der Waals surface area (Å²) >= 11 is 0. The first kappa shape index (κ1) is 12.9. The van der Waals surface area contributed by atoms with Gasteiger partial charge in [-0.25, -0.2) is 4.79 Å². The number of methoxy groups -OCH3 is 1. The van der Waals surface area contributed by atoms with E-state index in [0.29, 0.717) is 5.69 Å². The average Bonchev–Trinajstić information content (AvgIpc) is 3.04. The van der Waals surface area contributed by atoms with E-state index in [1.807, 2.05) is 0 Å². The Morgan fingerprint density at radius 1 is 1.56 bits per heavy atom. The van der Waals surface area contributed by atoms with E-state index >= 15 is 0 Å². The quantitative estimate of drug-likeness (QED) is 0.786. The molecule has 2 rings (SSSR count). The molecular weight excluding hydrogens is 249 g/mol. The Balaban J connectivity index is 2.38. The molecule has 4 nitrogen and oxygen atoms in total. The molecule has 1 aromatic rings. The second kappa shape index (κ2) is 4.29. The molecule has 1 aliphatic rings. The lowest BCUT2D eigenvalue weighted by atomic mass is 10.2. The molecule has 1 fully saturated rings. The second-order valence-electron chi connectivity index (χ2n) is 4.37. The lowest BCUT2D eigenvalue weighted by molar-refractivity contribution is -0.146. The Kier molecular flexibility index (Phi) is 3.08. The van der Waals surface area contributed by atoms with E-state index in [1.54, 1.807) is 0 Å². The third-order valence-electron chi connectivity index (χ3n) is 2.96. The van der Waals surface area contributed by atoms with Gasteiger partial charge in [0.25, 0.3) is 0 Å². The lowest BCUT2D eigenvalue weighted by Crippen LogP contribution is -2.21. The van der Waals surface area contributed by atoms with Crippen LogP contribution in [0.4, 0.5) is 13.2 Å². The lowest BCUT2D eigenvalue weighted by Gasteiger charge is -2.13. The molecule has 7 heteroatoms. The Hall–Kier alpha value is -1.53. The van der Waals surface area contributed by atoms with Crippen LogP contribution in [0.2, 0.25) is 0 Å². The van der Waals surface area contributed by atoms with Crippen LogP contribution in [0, 0.1) is 0 Å². The fourth-order valence-electron chi connectivity index (χ4n) is 1.81. The van der Waals surface area contributed by atoms with Gasteiger partial charge in [-0.3, -0.25) is 4.68 Å². The Labute approximate surface area is 102 Å². The number of rotatable bonds is 3. The van der Waals surface area contributed by atoms with Crippen molar-refractivity contribution in [3.05, 3.63) is 17.5 Å². The van der Waals surface area contributed by atoms with Gasteiger partial charge in [-0.15, -0.1) is 0 Å². The highest BCUT2D eigenvalue weighted by molar-refractivity contribution is 5.73. The minimum Gasteiger partial charge on any atom is -0.467 e. The van der Waals surface area contributed by atoms with Crippen LogP contribution in [0.5, 0.6) is 0 Å². The van der Waals surface area contributed by atoms with Crippen molar-refractivity contribution in [2.75, 3.05) is 7.11 Å². The summed E-state index contributed by atoms with van der Waals surface area (Å²) < 4.78 is 43.5. The Bertz CT molecular complexity index is 463. The smallest absolute Gasteiger partial charge is 0.435 e. The van der Waals surface area contributed by atoms with Gasteiger partial charge >= 0.3 is 12.1 Å².